The molecule has 0 aliphatic carbocycles. The van der Waals surface area contributed by atoms with Gasteiger partial charge in [-0.2, -0.15) is 0 Å². The van der Waals surface area contributed by atoms with E-state index in [0.29, 0.717) is 18.1 Å². The highest BCUT2D eigenvalue weighted by molar-refractivity contribution is 5.69. The zero-order valence-corrected chi connectivity index (χ0v) is 14.2. The van der Waals surface area contributed by atoms with Crippen molar-refractivity contribution < 1.29 is 9.53 Å². The van der Waals surface area contributed by atoms with Gasteiger partial charge in [-0.05, 0) is 46.5 Å². The van der Waals surface area contributed by atoms with Gasteiger partial charge in [-0.3, -0.25) is 0 Å². The van der Waals surface area contributed by atoms with E-state index in [0.717, 1.165) is 37.8 Å². The van der Waals surface area contributed by atoms with E-state index in [2.05, 4.69) is 15.3 Å². The highest BCUT2D eigenvalue weighted by atomic mass is 16.6. The Morgan fingerprint density at radius 2 is 1.87 bits per heavy atom. The highest BCUT2D eigenvalue weighted by Crippen LogP contribution is 2.36. The van der Waals surface area contributed by atoms with Crippen LogP contribution < -0.4 is 5.32 Å². The number of fused-ring (bicyclic) bond motifs is 2. The number of nitrogens with one attached hydrogen (secondary N) is 1. The van der Waals surface area contributed by atoms with Crippen LogP contribution in [0, 0.1) is 0 Å². The maximum atomic E-state index is 12.4. The molecule has 2 aliphatic heterocycles. The maximum Gasteiger partial charge on any atom is 0.410 e. The predicted octanol–water partition coefficient (Wildman–Crippen LogP) is 2.50. The first-order chi connectivity index (χ1) is 10.9. The van der Waals surface area contributed by atoms with Crippen LogP contribution in [-0.4, -0.2) is 44.7 Å². The van der Waals surface area contributed by atoms with Crippen LogP contribution in [0.15, 0.2) is 18.7 Å². The second-order valence-corrected chi connectivity index (χ2v) is 7.57. The Kier molecular flexibility index (Phi) is 4.53. The summed E-state index contributed by atoms with van der Waals surface area (Å²) in [5, 5.41) is 3.59. The molecule has 23 heavy (non-hydrogen) atoms. The lowest BCUT2D eigenvalue weighted by atomic mass is 9.97. The molecular formula is C17H26N4O2. The standard InChI is InChI=1S/C17H26N4O2/c1-17(2,3)23-16(22)21-14-4-5-15(21)7-13(6-14)20-10-12-8-18-11-19-9-12/h8-9,11,13-15,20H,4-7,10H2,1-3H3. The monoisotopic (exact) mass is 318 g/mol. The molecule has 0 spiro atoms. The van der Waals surface area contributed by atoms with Crippen LogP contribution in [0.2, 0.25) is 0 Å². The molecule has 1 aromatic rings. The molecule has 2 atom stereocenters. The Hall–Kier alpha value is -1.69. The lowest BCUT2D eigenvalue weighted by molar-refractivity contribution is 0.00466. The van der Waals surface area contributed by atoms with Gasteiger partial charge in [0.05, 0.1) is 0 Å². The van der Waals surface area contributed by atoms with Crippen LogP contribution in [0.25, 0.3) is 0 Å². The van der Waals surface area contributed by atoms with E-state index >= 15 is 0 Å². The van der Waals surface area contributed by atoms with Crippen molar-refractivity contribution in [3.63, 3.8) is 0 Å². The topological polar surface area (TPSA) is 67.3 Å². The van der Waals surface area contributed by atoms with Crippen LogP contribution >= 0.6 is 0 Å². The number of carbonyl (C=O) groups is 1. The quantitative estimate of drug-likeness (QED) is 0.927. The second kappa shape index (κ2) is 6.43. The first-order valence-electron chi connectivity index (χ1n) is 8.41. The lowest BCUT2D eigenvalue weighted by Crippen LogP contribution is -2.52. The molecule has 3 heterocycles. The van der Waals surface area contributed by atoms with Crippen molar-refractivity contribution in [3.05, 3.63) is 24.3 Å². The Morgan fingerprint density at radius 3 is 2.43 bits per heavy atom. The van der Waals surface area contributed by atoms with Gasteiger partial charge in [0.25, 0.3) is 0 Å². The Labute approximate surface area is 137 Å². The van der Waals surface area contributed by atoms with Crippen molar-refractivity contribution in [2.45, 2.75) is 76.7 Å². The first-order valence-corrected chi connectivity index (χ1v) is 8.41. The molecular weight excluding hydrogens is 292 g/mol. The van der Waals surface area contributed by atoms with Crippen LogP contribution in [0.3, 0.4) is 0 Å². The van der Waals surface area contributed by atoms with Gasteiger partial charge in [-0.1, -0.05) is 0 Å². The number of nitrogens with zero attached hydrogens (tertiary/aromatic N) is 3. The zero-order chi connectivity index (χ0) is 16.4. The summed E-state index contributed by atoms with van der Waals surface area (Å²) in [7, 11) is 0. The van der Waals surface area contributed by atoms with E-state index in [-0.39, 0.29) is 6.09 Å². The van der Waals surface area contributed by atoms with E-state index in [4.69, 9.17) is 4.74 Å². The number of ether oxygens (including phenoxy) is 1. The molecule has 2 aliphatic rings. The van der Waals surface area contributed by atoms with Gasteiger partial charge < -0.3 is 15.0 Å². The molecule has 3 rings (SSSR count). The van der Waals surface area contributed by atoms with Crippen molar-refractivity contribution in [3.8, 4) is 0 Å². The molecule has 2 bridgehead atoms. The Balaban J connectivity index is 1.55. The van der Waals surface area contributed by atoms with Gasteiger partial charge in [0.15, 0.2) is 0 Å². The molecule has 0 saturated carbocycles. The van der Waals surface area contributed by atoms with E-state index < -0.39 is 5.60 Å². The fourth-order valence-corrected chi connectivity index (χ4v) is 3.64. The Bertz CT molecular complexity index is 529. The number of amides is 1. The smallest absolute Gasteiger partial charge is 0.410 e. The normalized spacial score (nSPS) is 27.1. The number of hydrogen-bond donors (Lipinski definition) is 1. The molecule has 1 amide bonds. The summed E-state index contributed by atoms with van der Waals surface area (Å²) in [5.41, 5.74) is 0.660. The van der Waals surface area contributed by atoms with Crippen LogP contribution in [0.5, 0.6) is 0 Å². The minimum Gasteiger partial charge on any atom is -0.444 e. The van der Waals surface area contributed by atoms with Gasteiger partial charge >= 0.3 is 6.09 Å². The third-order valence-electron chi connectivity index (χ3n) is 4.55. The SMILES string of the molecule is CC(C)(C)OC(=O)N1C2CCC1CC(NCc1cncnc1)C2. The molecule has 1 N–H and O–H groups in total. The van der Waals surface area contributed by atoms with Crippen molar-refractivity contribution in [1.29, 1.82) is 0 Å². The zero-order valence-electron chi connectivity index (χ0n) is 14.2. The number of piperidine rings is 1. The van der Waals surface area contributed by atoms with Gasteiger partial charge in [-0.25, -0.2) is 14.8 Å². The number of aromatic nitrogens is 2. The summed E-state index contributed by atoms with van der Waals surface area (Å²) < 4.78 is 5.57. The molecule has 6 nitrogen and oxygen atoms in total. The predicted molar refractivity (Wildman–Crippen MR) is 86.8 cm³/mol. The second-order valence-electron chi connectivity index (χ2n) is 7.57. The molecule has 126 valence electrons. The number of hydrogen-bond acceptors (Lipinski definition) is 5. The van der Waals surface area contributed by atoms with Crippen LogP contribution in [0.1, 0.15) is 52.0 Å². The summed E-state index contributed by atoms with van der Waals surface area (Å²) in [6.07, 6.45) is 9.21. The Morgan fingerprint density at radius 1 is 1.26 bits per heavy atom. The van der Waals surface area contributed by atoms with Gasteiger partial charge in [0.1, 0.15) is 11.9 Å². The third kappa shape index (κ3) is 3.99. The third-order valence-corrected chi connectivity index (χ3v) is 4.55. The maximum absolute atomic E-state index is 12.4. The fraction of sp³-hybridized carbons (Fsp3) is 0.706. The molecule has 2 fully saturated rings. The highest BCUT2D eigenvalue weighted by Gasteiger charge is 2.44. The van der Waals surface area contributed by atoms with Crippen molar-refractivity contribution >= 4 is 6.09 Å². The molecule has 0 radical (unpaired) electrons. The molecule has 1 aromatic heterocycles. The average molecular weight is 318 g/mol. The van der Waals surface area contributed by atoms with E-state index in [9.17, 15) is 4.79 Å². The molecule has 2 unspecified atom stereocenters. The van der Waals surface area contributed by atoms with E-state index in [1.807, 2.05) is 38.1 Å². The summed E-state index contributed by atoms with van der Waals surface area (Å²) >= 11 is 0. The van der Waals surface area contributed by atoms with Crippen molar-refractivity contribution in [2.75, 3.05) is 0 Å². The summed E-state index contributed by atoms with van der Waals surface area (Å²) in [5.74, 6) is 0. The largest absolute Gasteiger partial charge is 0.444 e. The summed E-state index contributed by atoms with van der Waals surface area (Å²) in [6, 6.07) is 1.03. The minimum atomic E-state index is -0.432. The fourth-order valence-electron chi connectivity index (χ4n) is 3.64. The minimum absolute atomic E-state index is 0.153. The van der Waals surface area contributed by atoms with Crippen LogP contribution in [0.4, 0.5) is 4.79 Å². The van der Waals surface area contributed by atoms with E-state index in [1.54, 1.807) is 6.33 Å². The number of rotatable bonds is 3. The lowest BCUT2D eigenvalue weighted by Gasteiger charge is -2.39. The molecule has 0 aromatic carbocycles. The summed E-state index contributed by atoms with van der Waals surface area (Å²) in [6.45, 7) is 6.53. The van der Waals surface area contributed by atoms with Gasteiger partial charge in [0, 0.05) is 42.6 Å². The number of carbonyl (C=O) groups excluding carboxylic acids is 1. The van der Waals surface area contributed by atoms with E-state index in [1.165, 1.54) is 0 Å². The van der Waals surface area contributed by atoms with Gasteiger partial charge in [0.2, 0.25) is 0 Å². The van der Waals surface area contributed by atoms with Crippen molar-refractivity contribution in [2.24, 2.45) is 0 Å². The first kappa shape index (κ1) is 16.2. The average Bonchev–Trinajstić information content (AvgIpc) is 2.76. The summed E-state index contributed by atoms with van der Waals surface area (Å²) in [4.78, 5) is 22.5. The van der Waals surface area contributed by atoms with Crippen LogP contribution in [-0.2, 0) is 11.3 Å². The molecule has 6 heteroatoms. The molecule has 2 saturated heterocycles. The van der Waals surface area contributed by atoms with Gasteiger partial charge in [-0.15, -0.1) is 0 Å². The van der Waals surface area contributed by atoms with Crippen molar-refractivity contribution in [1.82, 2.24) is 20.2 Å².